The van der Waals surface area contributed by atoms with Crippen LogP contribution < -0.4 is 5.32 Å². The fraction of sp³-hybridized carbons (Fsp3) is 0.300. The number of carbonyl (C=O) groups is 1. The molecule has 1 aliphatic rings. The second-order valence-corrected chi connectivity index (χ2v) is 3.65. The Kier molecular flexibility index (Phi) is 2.52. The van der Waals surface area contributed by atoms with Crippen molar-refractivity contribution in [1.29, 1.82) is 0 Å². The molecule has 5 heteroatoms. The van der Waals surface area contributed by atoms with Crippen LogP contribution in [-0.4, -0.2) is 18.5 Å². The van der Waals surface area contributed by atoms with Gasteiger partial charge < -0.3 is 10.1 Å². The van der Waals surface area contributed by atoms with Crippen molar-refractivity contribution in [3.63, 3.8) is 0 Å². The number of alkyl halides is 1. The lowest BCUT2D eigenvalue weighted by atomic mass is 9.96. The highest BCUT2D eigenvalue weighted by Crippen LogP contribution is 2.30. The summed E-state index contributed by atoms with van der Waals surface area (Å²) in [6.07, 6.45) is -0.500. The summed E-state index contributed by atoms with van der Waals surface area (Å²) in [5.41, 5.74) is -0.177. The highest BCUT2D eigenvalue weighted by Gasteiger charge is 2.41. The third-order valence-corrected chi connectivity index (χ3v) is 2.82. The fourth-order valence-electron chi connectivity index (χ4n) is 1.53. The van der Waals surface area contributed by atoms with Crippen LogP contribution in [0.2, 0.25) is 0 Å². The van der Waals surface area contributed by atoms with Crippen LogP contribution in [0.5, 0.6) is 0 Å². The molecule has 0 saturated carbocycles. The minimum absolute atomic E-state index is 0.136. The van der Waals surface area contributed by atoms with Crippen LogP contribution in [0.3, 0.4) is 0 Å². The maximum absolute atomic E-state index is 12.7. The van der Waals surface area contributed by atoms with Crippen molar-refractivity contribution in [3.05, 3.63) is 35.6 Å². The molecular weight excluding hydrogens is 221 g/mol. The first-order valence-electron chi connectivity index (χ1n) is 4.45. The molecule has 1 amide bonds. The molecule has 1 aromatic rings. The van der Waals surface area contributed by atoms with Gasteiger partial charge in [0.05, 0.1) is 12.4 Å². The van der Waals surface area contributed by atoms with E-state index in [1.807, 2.05) is 0 Å². The first-order chi connectivity index (χ1) is 7.16. The fourth-order valence-corrected chi connectivity index (χ4v) is 1.83. The van der Waals surface area contributed by atoms with Crippen molar-refractivity contribution < 1.29 is 13.9 Å². The van der Waals surface area contributed by atoms with Gasteiger partial charge in [-0.05, 0) is 17.7 Å². The van der Waals surface area contributed by atoms with E-state index in [-0.39, 0.29) is 11.7 Å². The van der Waals surface area contributed by atoms with Crippen LogP contribution in [0.15, 0.2) is 24.3 Å². The van der Waals surface area contributed by atoms with Crippen molar-refractivity contribution >= 4 is 17.7 Å². The highest BCUT2D eigenvalue weighted by molar-refractivity contribution is 6.18. The molecule has 15 heavy (non-hydrogen) atoms. The lowest BCUT2D eigenvalue weighted by molar-refractivity contribution is 0.0731. The molecular formula is C10H9ClFNO2. The van der Waals surface area contributed by atoms with E-state index < -0.39 is 11.7 Å². The number of hydrogen-bond donors (Lipinski definition) is 1. The normalized spacial score (nSPS) is 24.8. The largest absolute Gasteiger partial charge is 0.435 e. The average molecular weight is 230 g/mol. The Morgan fingerprint density at radius 2 is 2.13 bits per heavy atom. The molecule has 1 heterocycles. The summed E-state index contributed by atoms with van der Waals surface area (Å²) in [5, 5.41) is 2.54. The predicted molar refractivity (Wildman–Crippen MR) is 53.3 cm³/mol. The van der Waals surface area contributed by atoms with Gasteiger partial charge in [-0.15, -0.1) is 11.6 Å². The maximum Gasteiger partial charge on any atom is 0.408 e. The van der Waals surface area contributed by atoms with E-state index in [0.29, 0.717) is 12.1 Å². The van der Waals surface area contributed by atoms with Crippen LogP contribution in [0, 0.1) is 5.82 Å². The molecule has 1 atom stereocenters. The van der Waals surface area contributed by atoms with Crippen LogP contribution >= 0.6 is 11.6 Å². The second kappa shape index (κ2) is 3.70. The van der Waals surface area contributed by atoms with Gasteiger partial charge in [-0.3, -0.25) is 0 Å². The van der Waals surface area contributed by atoms with Crippen LogP contribution in [0.4, 0.5) is 9.18 Å². The molecule has 1 saturated heterocycles. The Morgan fingerprint density at radius 1 is 1.47 bits per heavy atom. The Balaban J connectivity index is 2.34. The van der Waals surface area contributed by atoms with E-state index in [0.717, 1.165) is 0 Å². The van der Waals surface area contributed by atoms with Gasteiger partial charge in [0.1, 0.15) is 5.82 Å². The molecule has 1 N–H and O–H groups in total. The first kappa shape index (κ1) is 10.2. The van der Waals surface area contributed by atoms with Crippen molar-refractivity contribution in [2.45, 2.75) is 5.60 Å². The molecule has 0 spiro atoms. The SMILES string of the molecule is O=C1NC[C@@](CCl)(c2ccc(F)cc2)O1. The minimum atomic E-state index is -0.869. The monoisotopic (exact) mass is 229 g/mol. The molecule has 1 aromatic carbocycles. The van der Waals surface area contributed by atoms with Crippen molar-refractivity contribution in [1.82, 2.24) is 5.32 Å². The van der Waals surface area contributed by atoms with E-state index in [2.05, 4.69) is 5.32 Å². The number of carbonyl (C=O) groups excluding carboxylic acids is 1. The zero-order valence-electron chi connectivity index (χ0n) is 7.80. The molecule has 0 aliphatic carbocycles. The molecule has 0 aromatic heterocycles. The summed E-state index contributed by atoms with van der Waals surface area (Å²) >= 11 is 5.79. The molecule has 0 radical (unpaired) electrons. The van der Waals surface area contributed by atoms with Gasteiger partial charge in [0.15, 0.2) is 5.60 Å². The highest BCUT2D eigenvalue weighted by atomic mass is 35.5. The second-order valence-electron chi connectivity index (χ2n) is 3.38. The number of halogens is 2. The third kappa shape index (κ3) is 1.77. The van der Waals surface area contributed by atoms with Crippen LogP contribution in [-0.2, 0) is 10.3 Å². The number of rotatable bonds is 2. The summed E-state index contributed by atoms with van der Waals surface area (Å²) in [5.74, 6) is -0.196. The Labute approximate surface area is 91.2 Å². The number of ether oxygens (including phenoxy) is 1. The molecule has 1 aliphatic heterocycles. The smallest absolute Gasteiger partial charge is 0.408 e. The molecule has 1 fully saturated rings. The summed E-state index contributed by atoms with van der Waals surface area (Å²) in [6.45, 7) is 0.307. The zero-order chi connectivity index (χ0) is 10.9. The molecule has 0 unspecified atom stereocenters. The van der Waals surface area contributed by atoms with E-state index in [4.69, 9.17) is 16.3 Å². The van der Waals surface area contributed by atoms with Gasteiger partial charge in [0.2, 0.25) is 0 Å². The van der Waals surface area contributed by atoms with E-state index in [9.17, 15) is 9.18 Å². The molecule has 0 bridgehead atoms. The number of alkyl carbamates (subject to hydrolysis) is 1. The predicted octanol–water partition coefficient (Wildman–Crippen LogP) is 2.00. The lowest BCUT2D eigenvalue weighted by Gasteiger charge is -2.23. The Bertz CT molecular complexity index is 382. The van der Waals surface area contributed by atoms with Gasteiger partial charge in [0.25, 0.3) is 0 Å². The van der Waals surface area contributed by atoms with E-state index in [1.165, 1.54) is 12.1 Å². The standard InChI is InChI=1S/C10H9ClFNO2/c11-5-10(6-13-9(14)15-10)7-1-3-8(12)4-2-7/h1-4H,5-6H2,(H,13,14)/t10-/m0/s1. The Morgan fingerprint density at radius 3 is 2.60 bits per heavy atom. The summed E-state index contributed by atoms with van der Waals surface area (Å²) in [7, 11) is 0. The topological polar surface area (TPSA) is 38.3 Å². The lowest BCUT2D eigenvalue weighted by Crippen LogP contribution is -2.32. The molecule has 3 nitrogen and oxygen atoms in total. The minimum Gasteiger partial charge on any atom is -0.435 e. The molecule has 80 valence electrons. The number of cyclic esters (lactones) is 1. The average Bonchev–Trinajstić information content (AvgIpc) is 2.62. The van der Waals surface area contributed by atoms with Crippen LogP contribution in [0.1, 0.15) is 5.56 Å². The van der Waals surface area contributed by atoms with E-state index in [1.54, 1.807) is 12.1 Å². The maximum atomic E-state index is 12.7. The first-order valence-corrected chi connectivity index (χ1v) is 4.99. The van der Waals surface area contributed by atoms with Gasteiger partial charge in [-0.1, -0.05) is 12.1 Å². The van der Waals surface area contributed by atoms with Crippen molar-refractivity contribution in [2.24, 2.45) is 0 Å². The zero-order valence-corrected chi connectivity index (χ0v) is 8.55. The third-order valence-electron chi connectivity index (χ3n) is 2.39. The summed E-state index contributed by atoms with van der Waals surface area (Å²) < 4.78 is 17.8. The number of hydrogen-bond acceptors (Lipinski definition) is 2. The van der Waals surface area contributed by atoms with Gasteiger partial charge in [-0.25, -0.2) is 9.18 Å². The van der Waals surface area contributed by atoms with Gasteiger partial charge in [0, 0.05) is 0 Å². The van der Waals surface area contributed by atoms with Crippen molar-refractivity contribution in [3.8, 4) is 0 Å². The van der Waals surface area contributed by atoms with Crippen molar-refractivity contribution in [2.75, 3.05) is 12.4 Å². The summed E-state index contributed by atoms with van der Waals surface area (Å²) in [6, 6.07) is 5.77. The quantitative estimate of drug-likeness (QED) is 0.788. The Hall–Kier alpha value is -1.29. The number of nitrogens with one attached hydrogen (secondary N) is 1. The summed E-state index contributed by atoms with van der Waals surface area (Å²) in [4.78, 5) is 11.0. The molecule has 2 rings (SSSR count). The van der Waals surface area contributed by atoms with Gasteiger partial charge >= 0.3 is 6.09 Å². The van der Waals surface area contributed by atoms with Gasteiger partial charge in [-0.2, -0.15) is 0 Å². The van der Waals surface area contributed by atoms with E-state index >= 15 is 0 Å². The van der Waals surface area contributed by atoms with Crippen LogP contribution in [0.25, 0.3) is 0 Å². The number of benzene rings is 1. The number of amides is 1.